The zero-order chi connectivity index (χ0) is 10.3. The predicted molar refractivity (Wildman–Crippen MR) is 61.0 cm³/mol. The Morgan fingerprint density at radius 3 is 2.93 bits per heavy atom. The van der Waals surface area contributed by atoms with Crippen molar-refractivity contribution in [2.75, 3.05) is 0 Å². The minimum absolute atomic E-state index is 0.932. The Bertz CT molecular complexity index is 595. The molecule has 0 radical (unpaired) electrons. The first-order chi connectivity index (χ1) is 7.33. The van der Waals surface area contributed by atoms with Gasteiger partial charge in [-0.3, -0.25) is 0 Å². The highest BCUT2D eigenvalue weighted by molar-refractivity contribution is 7.07. The zero-order valence-electron chi connectivity index (χ0n) is 8.21. The highest BCUT2D eigenvalue weighted by Crippen LogP contribution is 2.18. The molecule has 3 aromatic rings. The third-order valence-corrected chi connectivity index (χ3v) is 2.88. The summed E-state index contributed by atoms with van der Waals surface area (Å²) in [6, 6.07) is 4.08. The number of rotatable bonds is 1. The highest BCUT2D eigenvalue weighted by Gasteiger charge is 2.05. The van der Waals surface area contributed by atoms with Gasteiger partial charge in [-0.2, -0.15) is 0 Å². The summed E-state index contributed by atoms with van der Waals surface area (Å²) in [7, 11) is 0. The Labute approximate surface area is 91.1 Å². The van der Waals surface area contributed by atoms with Crippen LogP contribution in [-0.4, -0.2) is 14.4 Å². The van der Waals surface area contributed by atoms with Crippen molar-refractivity contribution in [2.45, 2.75) is 6.92 Å². The van der Waals surface area contributed by atoms with E-state index < -0.39 is 0 Å². The van der Waals surface area contributed by atoms with E-state index >= 15 is 0 Å². The summed E-state index contributed by atoms with van der Waals surface area (Å²) in [5.74, 6) is 0. The van der Waals surface area contributed by atoms with Gasteiger partial charge in [0.25, 0.3) is 0 Å². The molecule has 0 spiro atoms. The van der Waals surface area contributed by atoms with Gasteiger partial charge in [0.2, 0.25) is 0 Å². The number of aryl methyl sites for hydroxylation is 1. The number of fused-ring (bicyclic) bond motifs is 1. The van der Waals surface area contributed by atoms with Gasteiger partial charge in [0, 0.05) is 17.8 Å². The lowest BCUT2D eigenvalue weighted by molar-refractivity contribution is 1.16. The van der Waals surface area contributed by atoms with Gasteiger partial charge in [-0.25, -0.2) is 9.97 Å². The summed E-state index contributed by atoms with van der Waals surface area (Å²) < 4.78 is 2.03. The molecule has 0 aliphatic heterocycles. The van der Waals surface area contributed by atoms with Crippen LogP contribution < -0.4 is 0 Å². The monoisotopic (exact) mass is 215 g/mol. The molecule has 0 amide bonds. The number of hydrogen-bond acceptors (Lipinski definition) is 3. The largest absolute Gasteiger partial charge is 0.306 e. The molecule has 0 atom stereocenters. The van der Waals surface area contributed by atoms with Crippen molar-refractivity contribution in [1.82, 2.24) is 14.4 Å². The van der Waals surface area contributed by atoms with Crippen LogP contribution in [0.3, 0.4) is 0 Å². The average Bonchev–Trinajstić information content (AvgIpc) is 2.84. The lowest BCUT2D eigenvalue weighted by Gasteiger charge is -1.92. The van der Waals surface area contributed by atoms with Crippen LogP contribution in [0, 0.1) is 6.92 Å². The standard InChI is InChI=1S/C11H9N3S/c1-8-2-3-11-13-9(5-14(11)4-8)10-6-15-7-12-10/h2-7H,1H3. The van der Waals surface area contributed by atoms with Crippen molar-refractivity contribution in [2.24, 2.45) is 0 Å². The maximum atomic E-state index is 4.50. The SMILES string of the molecule is Cc1ccc2nc(-c3cscn3)cn2c1. The van der Waals surface area contributed by atoms with Crippen LogP contribution in [0.5, 0.6) is 0 Å². The average molecular weight is 215 g/mol. The Balaban J connectivity index is 2.22. The van der Waals surface area contributed by atoms with E-state index in [-0.39, 0.29) is 0 Å². The number of imidazole rings is 1. The normalized spacial score (nSPS) is 11.0. The van der Waals surface area contributed by atoms with Crippen LogP contribution in [0.15, 0.2) is 35.4 Å². The molecule has 3 nitrogen and oxygen atoms in total. The number of pyridine rings is 1. The Kier molecular flexibility index (Phi) is 1.82. The lowest BCUT2D eigenvalue weighted by atomic mass is 10.3. The smallest absolute Gasteiger partial charge is 0.137 e. The van der Waals surface area contributed by atoms with Gasteiger partial charge in [-0.05, 0) is 18.6 Å². The number of aromatic nitrogens is 3. The first-order valence-electron chi connectivity index (χ1n) is 4.67. The fourth-order valence-corrected chi connectivity index (χ4v) is 2.11. The van der Waals surface area contributed by atoms with Crippen molar-refractivity contribution in [1.29, 1.82) is 0 Å². The van der Waals surface area contributed by atoms with Gasteiger partial charge >= 0.3 is 0 Å². The van der Waals surface area contributed by atoms with Gasteiger partial charge < -0.3 is 4.40 Å². The van der Waals surface area contributed by atoms with Crippen LogP contribution in [0.25, 0.3) is 17.0 Å². The van der Waals surface area contributed by atoms with Crippen molar-refractivity contribution < 1.29 is 0 Å². The highest BCUT2D eigenvalue weighted by atomic mass is 32.1. The van der Waals surface area contributed by atoms with Gasteiger partial charge in [0.05, 0.1) is 5.51 Å². The molecule has 3 aromatic heterocycles. The molecule has 74 valence electrons. The third-order valence-electron chi connectivity index (χ3n) is 2.29. The molecule has 15 heavy (non-hydrogen) atoms. The predicted octanol–water partition coefficient (Wildman–Crippen LogP) is 2.77. The minimum atomic E-state index is 0.932. The number of hydrogen-bond donors (Lipinski definition) is 0. The van der Waals surface area contributed by atoms with E-state index in [1.54, 1.807) is 11.3 Å². The fourth-order valence-electron chi connectivity index (χ4n) is 1.57. The number of nitrogens with zero attached hydrogens (tertiary/aromatic N) is 3. The molecule has 0 aliphatic rings. The molecule has 0 saturated heterocycles. The third kappa shape index (κ3) is 1.43. The molecular weight excluding hydrogens is 206 g/mol. The second kappa shape index (κ2) is 3.17. The first kappa shape index (κ1) is 8.61. The van der Waals surface area contributed by atoms with Crippen molar-refractivity contribution >= 4 is 17.0 Å². The van der Waals surface area contributed by atoms with Crippen LogP contribution in [-0.2, 0) is 0 Å². The summed E-state index contributed by atoms with van der Waals surface area (Å²) in [5.41, 5.74) is 5.89. The maximum absolute atomic E-state index is 4.50. The molecule has 4 heteroatoms. The van der Waals surface area contributed by atoms with E-state index in [4.69, 9.17) is 0 Å². The summed E-state index contributed by atoms with van der Waals surface area (Å²) >= 11 is 1.59. The van der Waals surface area contributed by atoms with E-state index in [9.17, 15) is 0 Å². The molecule has 0 fully saturated rings. The second-order valence-corrected chi connectivity index (χ2v) is 4.19. The molecule has 0 saturated carbocycles. The second-order valence-electron chi connectivity index (χ2n) is 3.47. The summed E-state index contributed by atoms with van der Waals surface area (Å²) in [6.45, 7) is 2.07. The van der Waals surface area contributed by atoms with E-state index in [0.29, 0.717) is 0 Å². The zero-order valence-corrected chi connectivity index (χ0v) is 9.03. The molecule has 0 bridgehead atoms. The van der Waals surface area contributed by atoms with Crippen LogP contribution >= 0.6 is 11.3 Å². The van der Waals surface area contributed by atoms with Crippen molar-refractivity contribution in [3.63, 3.8) is 0 Å². The molecule has 3 rings (SSSR count). The van der Waals surface area contributed by atoms with Gasteiger partial charge in [0.15, 0.2) is 0 Å². The molecule has 3 heterocycles. The van der Waals surface area contributed by atoms with E-state index in [1.807, 2.05) is 27.6 Å². The summed E-state index contributed by atoms with van der Waals surface area (Å²) in [4.78, 5) is 8.75. The van der Waals surface area contributed by atoms with Gasteiger partial charge in [-0.15, -0.1) is 11.3 Å². The Hall–Kier alpha value is -1.68. The molecular formula is C11H9N3S. The fraction of sp³-hybridized carbons (Fsp3) is 0.0909. The lowest BCUT2D eigenvalue weighted by Crippen LogP contribution is -1.82. The molecule has 0 aliphatic carbocycles. The van der Waals surface area contributed by atoms with Crippen LogP contribution in [0.2, 0.25) is 0 Å². The topological polar surface area (TPSA) is 30.2 Å². The first-order valence-corrected chi connectivity index (χ1v) is 5.61. The Morgan fingerprint density at radius 2 is 2.13 bits per heavy atom. The van der Waals surface area contributed by atoms with E-state index in [1.165, 1.54) is 5.56 Å². The van der Waals surface area contributed by atoms with Gasteiger partial charge in [0.1, 0.15) is 17.0 Å². The van der Waals surface area contributed by atoms with Crippen molar-refractivity contribution in [3.8, 4) is 11.4 Å². The summed E-state index contributed by atoms with van der Waals surface area (Å²) in [6.07, 6.45) is 4.08. The van der Waals surface area contributed by atoms with Crippen molar-refractivity contribution in [3.05, 3.63) is 41.0 Å². The molecule has 0 unspecified atom stereocenters. The van der Waals surface area contributed by atoms with E-state index in [2.05, 4.69) is 29.2 Å². The maximum Gasteiger partial charge on any atom is 0.137 e. The van der Waals surface area contributed by atoms with E-state index in [0.717, 1.165) is 17.0 Å². The van der Waals surface area contributed by atoms with Crippen LogP contribution in [0.4, 0.5) is 0 Å². The minimum Gasteiger partial charge on any atom is -0.306 e. The Morgan fingerprint density at radius 1 is 1.20 bits per heavy atom. The number of thiazole rings is 1. The quantitative estimate of drug-likeness (QED) is 0.624. The van der Waals surface area contributed by atoms with Gasteiger partial charge in [-0.1, -0.05) is 6.07 Å². The van der Waals surface area contributed by atoms with Crippen LogP contribution in [0.1, 0.15) is 5.56 Å². The summed E-state index contributed by atoms with van der Waals surface area (Å²) in [5, 5.41) is 2.01. The molecule has 0 aromatic carbocycles. The molecule has 0 N–H and O–H groups in total.